The number of oxime groups is 1. The van der Waals surface area contributed by atoms with Gasteiger partial charge in [-0.2, -0.15) is 0 Å². The van der Waals surface area contributed by atoms with Gasteiger partial charge >= 0.3 is 11.9 Å². The van der Waals surface area contributed by atoms with Crippen molar-refractivity contribution in [1.29, 1.82) is 0 Å². The van der Waals surface area contributed by atoms with E-state index < -0.39 is 29.9 Å². The quantitative estimate of drug-likeness (QED) is 0.152. The van der Waals surface area contributed by atoms with Gasteiger partial charge in [0.15, 0.2) is 5.78 Å². The molecule has 0 bridgehead atoms. The lowest BCUT2D eigenvalue weighted by molar-refractivity contribution is -0.142. The molecule has 6 rings (SSSR count). The molecule has 2 atom stereocenters. The van der Waals surface area contributed by atoms with Crippen LogP contribution in [0, 0.1) is 13.8 Å². The topological polar surface area (TPSA) is 154 Å². The van der Waals surface area contributed by atoms with Gasteiger partial charge in [-0.25, -0.2) is 9.59 Å². The molecule has 0 saturated carbocycles. The molecule has 4 aromatic rings. The number of ketones is 1. The maximum absolute atomic E-state index is 12.8. The molecule has 0 unspecified atom stereocenters. The molecular weight excluding hydrogens is 721 g/mol. The summed E-state index contributed by atoms with van der Waals surface area (Å²) in [5.74, 6) is -3.17. The number of carboxylic acids is 2. The predicted octanol–water partition coefficient (Wildman–Crippen LogP) is 6.92. The third kappa shape index (κ3) is 10.1. The van der Waals surface area contributed by atoms with Crippen molar-refractivity contribution in [2.45, 2.75) is 38.8 Å². The maximum atomic E-state index is 12.8. The van der Waals surface area contributed by atoms with Gasteiger partial charge in [-0.3, -0.25) is 14.4 Å². The highest BCUT2D eigenvalue weighted by molar-refractivity contribution is 6.40. The van der Waals surface area contributed by atoms with Gasteiger partial charge in [0, 0.05) is 24.0 Å². The van der Waals surface area contributed by atoms with Crippen molar-refractivity contribution in [2.75, 3.05) is 25.5 Å². The number of hydrogen-bond acceptors (Lipinski definition) is 7. The van der Waals surface area contributed by atoms with Crippen molar-refractivity contribution >= 4 is 58.4 Å². The van der Waals surface area contributed by atoms with Crippen molar-refractivity contribution in [3.05, 3.63) is 119 Å². The summed E-state index contributed by atoms with van der Waals surface area (Å²) in [5, 5.41) is 22.6. The second kappa shape index (κ2) is 18.8. The fourth-order valence-electron chi connectivity index (χ4n) is 6.17. The van der Waals surface area contributed by atoms with E-state index in [1.54, 1.807) is 24.3 Å². The molecule has 11 nitrogen and oxygen atoms in total. The number of aryl methyl sites for hydroxylation is 2. The van der Waals surface area contributed by atoms with E-state index in [2.05, 4.69) is 5.16 Å². The van der Waals surface area contributed by atoms with Gasteiger partial charge in [0.25, 0.3) is 11.8 Å². The molecule has 2 fully saturated rings. The Balaban J connectivity index is 0.000000221. The number of benzene rings is 4. The van der Waals surface area contributed by atoms with Gasteiger partial charge in [-0.05, 0) is 71.5 Å². The van der Waals surface area contributed by atoms with E-state index in [-0.39, 0.29) is 43.0 Å². The molecule has 2 amide bonds. The number of alkyl halides is 2. The molecule has 13 heteroatoms. The zero-order valence-corrected chi connectivity index (χ0v) is 30.9. The molecular formula is C40H39Cl2N3O8. The van der Waals surface area contributed by atoms with Gasteiger partial charge in [-0.15, -0.1) is 23.2 Å². The molecule has 2 aliphatic rings. The number of carbonyl (C=O) groups excluding carboxylic acids is 3. The van der Waals surface area contributed by atoms with Crippen LogP contribution in [-0.4, -0.2) is 92.9 Å². The summed E-state index contributed by atoms with van der Waals surface area (Å²) in [4.78, 5) is 66.7. The highest BCUT2D eigenvalue weighted by atomic mass is 35.5. The zero-order valence-electron chi connectivity index (χ0n) is 29.4. The third-order valence-electron chi connectivity index (χ3n) is 8.79. The second-order valence-corrected chi connectivity index (χ2v) is 13.1. The first-order valence-electron chi connectivity index (χ1n) is 16.5. The van der Waals surface area contributed by atoms with Crippen LogP contribution >= 0.6 is 23.2 Å². The minimum Gasteiger partial charge on any atom is -0.480 e. The molecule has 2 heterocycles. The molecule has 2 aliphatic heterocycles. The number of carbonyl (C=O) groups is 5. The highest BCUT2D eigenvalue weighted by Gasteiger charge is 2.40. The Morgan fingerprint density at radius 3 is 1.47 bits per heavy atom. The summed E-state index contributed by atoms with van der Waals surface area (Å²) in [6, 6.07) is 28.2. The van der Waals surface area contributed by atoms with E-state index in [1.807, 2.05) is 86.6 Å². The molecule has 53 heavy (non-hydrogen) atoms. The van der Waals surface area contributed by atoms with Crippen LogP contribution < -0.4 is 0 Å². The first-order chi connectivity index (χ1) is 25.4. The van der Waals surface area contributed by atoms with Crippen LogP contribution in [-0.2, 0) is 19.2 Å². The molecule has 0 aliphatic carbocycles. The lowest BCUT2D eigenvalue weighted by Gasteiger charge is -2.20. The van der Waals surface area contributed by atoms with Gasteiger partial charge in [0.05, 0.1) is 24.1 Å². The number of amides is 2. The van der Waals surface area contributed by atoms with Crippen molar-refractivity contribution in [3.63, 3.8) is 0 Å². The average Bonchev–Trinajstić information content (AvgIpc) is 3.77. The Bertz CT molecular complexity index is 1980. The van der Waals surface area contributed by atoms with E-state index in [1.165, 1.54) is 12.0 Å². The number of carboxylic acid groups (broad SMARTS) is 2. The van der Waals surface area contributed by atoms with Crippen LogP contribution in [0.1, 0.15) is 44.7 Å². The third-order valence-corrected chi connectivity index (χ3v) is 8.79. The van der Waals surface area contributed by atoms with E-state index >= 15 is 0 Å². The normalized spacial score (nSPS) is 17.0. The number of rotatable bonds is 7. The fourth-order valence-corrected chi connectivity index (χ4v) is 6.17. The van der Waals surface area contributed by atoms with Gasteiger partial charge in [0.2, 0.25) is 0 Å². The standard InChI is InChI=1S/C20H20N2O4.C19H17NO4.CH2Cl2/c1-13-5-3-4-6-17(13)14-7-9-15(10-8-14)19(23)22-12-16(21-26-2)11-18(22)20(24)25;1-12-4-2-3-5-16(12)13-6-8-14(9-7-13)18(22)20-11-15(21)10-17(20)19(23)24;2-1-3/h3-10,18H,11-12H2,1-2H3,(H,24,25);2-9,17H,10-11H2,1H3,(H,23,24);1H2/b21-16+;;/t18-;17-;/m00./s1. The number of hydrogen-bond donors (Lipinski definition) is 2. The number of nitrogens with zero attached hydrogens (tertiary/aromatic N) is 3. The van der Waals surface area contributed by atoms with E-state index in [4.69, 9.17) is 28.0 Å². The van der Waals surface area contributed by atoms with Crippen molar-refractivity contribution in [3.8, 4) is 22.3 Å². The predicted molar refractivity (Wildman–Crippen MR) is 203 cm³/mol. The van der Waals surface area contributed by atoms with E-state index in [0.29, 0.717) is 16.8 Å². The Hall–Kier alpha value is -5.52. The fraction of sp³-hybridized carbons (Fsp3) is 0.250. The van der Waals surface area contributed by atoms with Gasteiger partial charge < -0.3 is 24.9 Å². The Morgan fingerprint density at radius 2 is 1.08 bits per heavy atom. The van der Waals surface area contributed by atoms with E-state index in [0.717, 1.165) is 38.3 Å². The van der Waals surface area contributed by atoms with Crippen LogP contribution in [0.2, 0.25) is 0 Å². The Kier molecular flexibility index (Phi) is 14.3. The lowest BCUT2D eigenvalue weighted by atomic mass is 9.99. The second-order valence-electron chi connectivity index (χ2n) is 12.2. The summed E-state index contributed by atoms with van der Waals surface area (Å²) in [5.41, 5.74) is 7.84. The summed E-state index contributed by atoms with van der Waals surface area (Å²) in [6.45, 7) is 4.06. The molecule has 276 valence electrons. The summed E-state index contributed by atoms with van der Waals surface area (Å²) >= 11 is 9.53. The molecule has 4 aromatic carbocycles. The molecule has 2 saturated heterocycles. The molecule has 0 aromatic heterocycles. The van der Waals surface area contributed by atoms with Crippen molar-refractivity contribution in [2.24, 2.45) is 5.16 Å². The Morgan fingerprint density at radius 1 is 0.679 bits per heavy atom. The zero-order chi connectivity index (χ0) is 38.7. The van der Waals surface area contributed by atoms with E-state index in [9.17, 15) is 34.2 Å². The largest absolute Gasteiger partial charge is 0.480 e. The monoisotopic (exact) mass is 759 g/mol. The first kappa shape index (κ1) is 40.3. The Labute approximate surface area is 317 Å². The number of likely N-dealkylation sites (tertiary alicyclic amines) is 2. The lowest BCUT2D eigenvalue weighted by Crippen LogP contribution is -2.40. The van der Waals surface area contributed by atoms with Gasteiger partial charge in [-0.1, -0.05) is 78.0 Å². The molecule has 0 spiro atoms. The summed E-state index contributed by atoms with van der Waals surface area (Å²) in [6.07, 6.45) is 0.0541. The summed E-state index contributed by atoms with van der Waals surface area (Å²) in [7, 11) is 1.40. The molecule has 0 radical (unpaired) electrons. The molecule has 2 N–H and O–H groups in total. The summed E-state index contributed by atoms with van der Waals surface area (Å²) < 4.78 is 0. The van der Waals surface area contributed by atoms with Gasteiger partial charge in [0.1, 0.15) is 19.2 Å². The van der Waals surface area contributed by atoms with Crippen LogP contribution in [0.5, 0.6) is 0 Å². The number of aliphatic carboxylic acids is 2. The number of Topliss-reactive ketones (excluding diaryl/α,β-unsaturated/α-hetero) is 1. The highest BCUT2D eigenvalue weighted by Crippen LogP contribution is 2.27. The average molecular weight is 761 g/mol. The van der Waals surface area contributed by atoms with Crippen molar-refractivity contribution in [1.82, 2.24) is 9.80 Å². The van der Waals surface area contributed by atoms with Crippen LogP contribution in [0.4, 0.5) is 0 Å². The number of halogens is 2. The van der Waals surface area contributed by atoms with Crippen LogP contribution in [0.3, 0.4) is 0 Å². The van der Waals surface area contributed by atoms with Crippen LogP contribution in [0.15, 0.2) is 102 Å². The maximum Gasteiger partial charge on any atom is 0.326 e. The SMILES string of the molecule is CO/N=C1\C[C@@H](C(=O)O)N(C(=O)c2ccc(-c3ccccc3C)cc2)C1.Cc1ccccc1-c1ccc(C(=O)N2CC(=O)C[C@H]2C(=O)O)cc1.ClCCl. The van der Waals surface area contributed by atoms with Crippen LogP contribution in [0.25, 0.3) is 22.3 Å². The first-order valence-corrected chi connectivity index (χ1v) is 17.6. The minimum absolute atomic E-state index is 0.123. The minimum atomic E-state index is -1.15. The van der Waals surface area contributed by atoms with Crippen molar-refractivity contribution < 1.29 is 39.0 Å². The smallest absolute Gasteiger partial charge is 0.326 e.